The molecule has 1 aliphatic heterocycles. The molecule has 1 aromatic carbocycles. The Hall–Kier alpha value is -2.55. The zero-order chi connectivity index (χ0) is 18.6. The highest BCUT2D eigenvalue weighted by atomic mass is 32.1. The van der Waals surface area contributed by atoms with Crippen molar-refractivity contribution in [3.8, 4) is 0 Å². The van der Waals surface area contributed by atoms with Crippen molar-refractivity contribution in [2.75, 3.05) is 31.6 Å². The molecule has 0 bridgehead atoms. The first kappa shape index (κ1) is 17.8. The van der Waals surface area contributed by atoms with E-state index in [0.717, 1.165) is 32.8 Å². The van der Waals surface area contributed by atoms with Crippen LogP contribution in [0.15, 0.2) is 46.8 Å². The van der Waals surface area contributed by atoms with Crippen molar-refractivity contribution < 1.29 is 9.53 Å². The van der Waals surface area contributed by atoms with Gasteiger partial charge in [-0.2, -0.15) is 0 Å². The highest BCUT2D eigenvalue weighted by Crippen LogP contribution is 2.14. The number of amides is 1. The van der Waals surface area contributed by atoms with E-state index < -0.39 is 0 Å². The molecule has 1 N–H and O–H groups in total. The minimum absolute atomic E-state index is 0.0624. The minimum atomic E-state index is -0.255. The monoisotopic (exact) mass is 384 g/mol. The van der Waals surface area contributed by atoms with Gasteiger partial charge < -0.3 is 10.1 Å². The molecule has 0 spiro atoms. The molecule has 3 aromatic rings. The first-order valence-electron chi connectivity index (χ1n) is 8.80. The predicted octanol–water partition coefficient (Wildman–Crippen LogP) is 1.93. The molecule has 0 aliphatic carbocycles. The summed E-state index contributed by atoms with van der Waals surface area (Å²) in [5, 5.41) is 5.20. The third kappa shape index (κ3) is 4.24. The highest BCUT2D eigenvalue weighted by molar-refractivity contribution is 7.16. The largest absolute Gasteiger partial charge is 0.379 e. The summed E-state index contributed by atoms with van der Waals surface area (Å²) in [5.74, 6) is -0.255. The average Bonchev–Trinajstić information content (AvgIpc) is 3.16. The van der Waals surface area contributed by atoms with Crippen molar-refractivity contribution in [3.63, 3.8) is 0 Å². The van der Waals surface area contributed by atoms with Gasteiger partial charge in [-0.25, -0.2) is 4.98 Å². The van der Waals surface area contributed by atoms with Crippen molar-refractivity contribution in [2.45, 2.75) is 13.1 Å². The fourth-order valence-electron chi connectivity index (χ4n) is 3.07. The van der Waals surface area contributed by atoms with Gasteiger partial charge in [-0.1, -0.05) is 12.1 Å². The summed E-state index contributed by atoms with van der Waals surface area (Å²) in [6.07, 6.45) is 1.42. The Morgan fingerprint density at radius 1 is 1.19 bits per heavy atom. The van der Waals surface area contributed by atoms with Crippen LogP contribution in [0.2, 0.25) is 0 Å². The van der Waals surface area contributed by atoms with Gasteiger partial charge in [0.05, 0.1) is 24.9 Å². The number of benzene rings is 1. The van der Waals surface area contributed by atoms with Crippen molar-refractivity contribution in [1.82, 2.24) is 14.5 Å². The number of anilines is 1. The predicted molar refractivity (Wildman–Crippen MR) is 105 cm³/mol. The summed E-state index contributed by atoms with van der Waals surface area (Å²) >= 11 is 1.41. The molecule has 0 radical (unpaired) electrons. The lowest BCUT2D eigenvalue weighted by atomic mass is 10.2. The molecule has 3 heterocycles. The Labute approximate surface area is 160 Å². The van der Waals surface area contributed by atoms with Crippen molar-refractivity contribution in [2.24, 2.45) is 0 Å². The number of ether oxygens (including phenoxy) is 1. The van der Waals surface area contributed by atoms with Crippen LogP contribution in [0.1, 0.15) is 5.56 Å². The number of fused-ring (bicyclic) bond motifs is 1. The van der Waals surface area contributed by atoms with Crippen LogP contribution in [-0.4, -0.2) is 46.7 Å². The van der Waals surface area contributed by atoms with Gasteiger partial charge in [0.1, 0.15) is 11.4 Å². The van der Waals surface area contributed by atoms with Gasteiger partial charge in [-0.15, -0.1) is 11.3 Å². The fraction of sp³-hybridized carbons (Fsp3) is 0.316. The van der Waals surface area contributed by atoms with E-state index in [4.69, 9.17) is 4.74 Å². The first-order valence-corrected chi connectivity index (χ1v) is 9.68. The fourth-order valence-corrected chi connectivity index (χ4v) is 3.80. The molecule has 2 aromatic heterocycles. The number of thiophene rings is 1. The molecule has 0 saturated carbocycles. The summed E-state index contributed by atoms with van der Waals surface area (Å²) in [6, 6.07) is 9.52. The molecular formula is C19H20N4O3S. The molecule has 1 amide bonds. The lowest BCUT2D eigenvalue weighted by Gasteiger charge is -2.26. The Morgan fingerprint density at radius 2 is 1.96 bits per heavy atom. The Morgan fingerprint density at radius 3 is 2.74 bits per heavy atom. The summed E-state index contributed by atoms with van der Waals surface area (Å²) in [6.45, 7) is 4.25. The van der Waals surface area contributed by atoms with Crippen LogP contribution in [0.4, 0.5) is 5.69 Å². The van der Waals surface area contributed by atoms with Gasteiger partial charge in [-0.05, 0) is 29.1 Å². The van der Waals surface area contributed by atoms with Crippen LogP contribution in [0, 0.1) is 0 Å². The lowest BCUT2D eigenvalue weighted by Crippen LogP contribution is -2.35. The zero-order valence-electron chi connectivity index (χ0n) is 14.8. The third-order valence-electron chi connectivity index (χ3n) is 4.51. The zero-order valence-corrected chi connectivity index (χ0v) is 15.6. The molecular weight excluding hydrogens is 364 g/mol. The Kier molecular flexibility index (Phi) is 5.28. The smallest absolute Gasteiger partial charge is 0.262 e. The quantitative estimate of drug-likeness (QED) is 0.727. The standard InChI is InChI=1S/C19H20N4O3S/c24-17(12-23-13-20-18-16(19(23)25)5-10-27-18)21-15-3-1-14(2-4-15)11-22-6-8-26-9-7-22/h1-5,10,13H,6-9,11-12H2,(H,21,24). The average molecular weight is 384 g/mol. The number of aromatic nitrogens is 2. The normalized spacial score (nSPS) is 15.1. The second kappa shape index (κ2) is 7.99. The number of nitrogens with one attached hydrogen (secondary N) is 1. The van der Waals surface area contributed by atoms with Gasteiger partial charge in [0.2, 0.25) is 5.91 Å². The molecule has 7 nitrogen and oxygen atoms in total. The molecule has 1 fully saturated rings. The number of nitrogens with zero attached hydrogens (tertiary/aromatic N) is 3. The number of hydrogen-bond acceptors (Lipinski definition) is 6. The summed E-state index contributed by atoms with van der Waals surface area (Å²) in [7, 11) is 0. The van der Waals surface area contributed by atoms with Gasteiger partial charge >= 0.3 is 0 Å². The minimum Gasteiger partial charge on any atom is -0.379 e. The second-order valence-corrected chi connectivity index (χ2v) is 7.35. The van der Waals surface area contributed by atoms with E-state index in [0.29, 0.717) is 15.9 Å². The topological polar surface area (TPSA) is 76.5 Å². The Balaban J connectivity index is 1.37. The van der Waals surface area contributed by atoms with Gasteiger partial charge in [0, 0.05) is 25.3 Å². The van der Waals surface area contributed by atoms with E-state index in [2.05, 4.69) is 15.2 Å². The van der Waals surface area contributed by atoms with E-state index in [1.54, 1.807) is 6.07 Å². The van der Waals surface area contributed by atoms with Gasteiger partial charge in [0.25, 0.3) is 5.56 Å². The maximum Gasteiger partial charge on any atom is 0.262 e. The SMILES string of the molecule is O=C(Cn1cnc2sccc2c1=O)Nc1ccc(CN2CCOCC2)cc1. The highest BCUT2D eigenvalue weighted by Gasteiger charge is 2.11. The number of rotatable bonds is 5. The van der Waals surface area contributed by atoms with Crippen molar-refractivity contribution in [3.05, 3.63) is 58.0 Å². The van der Waals surface area contributed by atoms with Crippen LogP contribution >= 0.6 is 11.3 Å². The van der Waals surface area contributed by atoms with E-state index in [9.17, 15) is 9.59 Å². The van der Waals surface area contributed by atoms with Crippen LogP contribution in [0.5, 0.6) is 0 Å². The molecule has 0 unspecified atom stereocenters. The van der Waals surface area contributed by atoms with Gasteiger partial charge in [-0.3, -0.25) is 19.1 Å². The Bertz CT molecular complexity index is 990. The van der Waals surface area contributed by atoms with E-state index in [-0.39, 0.29) is 18.0 Å². The van der Waals surface area contributed by atoms with Crippen LogP contribution in [0.25, 0.3) is 10.2 Å². The summed E-state index contributed by atoms with van der Waals surface area (Å²) in [5.41, 5.74) is 1.71. The molecule has 4 rings (SSSR count). The van der Waals surface area contributed by atoms with Gasteiger partial charge in [0.15, 0.2) is 0 Å². The molecule has 1 aliphatic rings. The first-order chi connectivity index (χ1) is 13.2. The van der Waals surface area contributed by atoms with Crippen LogP contribution in [0.3, 0.4) is 0 Å². The molecule has 0 atom stereocenters. The number of carbonyl (C=O) groups is 1. The van der Waals surface area contributed by atoms with Crippen molar-refractivity contribution >= 4 is 33.1 Å². The molecule has 1 saturated heterocycles. The number of carbonyl (C=O) groups excluding carboxylic acids is 1. The van der Waals surface area contributed by atoms with E-state index >= 15 is 0 Å². The van der Waals surface area contributed by atoms with E-state index in [1.165, 1.54) is 27.8 Å². The number of hydrogen-bond donors (Lipinski definition) is 1. The van der Waals surface area contributed by atoms with Crippen LogP contribution < -0.4 is 10.9 Å². The molecule has 27 heavy (non-hydrogen) atoms. The van der Waals surface area contributed by atoms with Crippen molar-refractivity contribution in [1.29, 1.82) is 0 Å². The summed E-state index contributed by atoms with van der Waals surface area (Å²) < 4.78 is 6.69. The second-order valence-electron chi connectivity index (χ2n) is 6.45. The molecule has 140 valence electrons. The molecule has 8 heteroatoms. The van der Waals surface area contributed by atoms with Crippen LogP contribution in [-0.2, 0) is 22.6 Å². The third-order valence-corrected chi connectivity index (χ3v) is 5.33. The number of morpholine rings is 1. The maximum atomic E-state index is 12.3. The maximum absolute atomic E-state index is 12.3. The van der Waals surface area contributed by atoms with E-state index in [1.807, 2.05) is 29.6 Å². The lowest BCUT2D eigenvalue weighted by molar-refractivity contribution is -0.116. The summed E-state index contributed by atoms with van der Waals surface area (Å²) in [4.78, 5) is 31.9.